The van der Waals surface area contributed by atoms with Gasteiger partial charge in [-0.15, -0.1) is 0 Å². The van der Waals surface area contributed by atoms with Gasteiger partial charge in [-0.25, -0.2) is 4.98 Å². The second-order valence-electron chi connectivity index (χ2n) is 5.33. The van der Waals surface area contributed by atoms with E-state index in [0.29, 0.717) is 35.0 Å². The zero-order chi connectivity index (χ0) is 13.3. The molecule has 6 nitrogen and oxygen atoms in total. The summed E-state index contributed by atoms with van der Waals surface area (Å²) in [5, 5.41) is 0. The van der Waals surface area contributed by atoms with Crippen LogP contribution in [0.25, 0.3) is 0 Å². The average Bonchev–Trinajstić information content (AvgIpc) is 3.03. The first-order valence-corrected chi connectivity index (χ1v) is 6.51. The molecule has 0 bridgehead atoms. The second kappa shape index (κ2) is 3.33. The van der Waals surface area contributed by atoms with E-state index in [9.17, 15) is 9.59 Å². The second-order valence-corrected chi connectivity index (χ2v) is 5.33. The van der Waals surface area contributed by atoms with Crippen LogP contribution in [0.5, 0.6) is 0 Å². The summed E-state index contributed by atoms with van der Waals surface area (Å²) in [6.45, 7) is 4.08. The number of hydrogen-bond donors (Lipinski definition) is 1. The molecule has 0 amide bonds. The SMILES string of the molecule is CC1=C(N2CC2)C(=O)c2nc3n(c2C1=O)CC[C@H]3N. The zero-order valence-electron chi connectivity index (χ0n) is 10.6. The Balaban J connectivity index is 1.93. The van der Waals surface area contributed by atoms with Crippen molar-refractivity contribution in [1.82, 2.24) is 14.5 Å². The normalized spacial score (nSPS) is 24.9. The number of aromatic nitrogens is 2. The van der Waals surface area contributed by atoms with Gasteiger partial charge in [-0.2, -0.15) is 0 Å². The number of nitrogens with zero attached hydrogens (tertiary/aromatic N) is 3. The summed E-state index contributed by atoms with van der Waals surface area (Å²) in [6, 6.07) is -0.170. The molecule has 1 atom stereocenters. The molecule has 3 aliphatic rings. The third-order valence-corrected chi connectivity index (χ3v) is 4.10. The molecule has 2 N–H and O–H groups in total. The van der Waals surface area contributed by atoms with Crippen molar-refractivity contribution in [3.63, 3.8) is 0 Å². The third kappa shape index (κ3) is 1.26. The Labute approximate surface area is 109 Å². The lowest BCUT2D eigenvalue weighted by Gasteiger charge is -2.17. The minimum absolute atomic E-state index is 0.0793. The van der Waals surface area contributed by atoms with Crippen molar-refractivity contribution in [3.8, 4) is 0 Å². The average molecular weight is 258 g/mol. The Morgan fingerprint density at radius 3 is 2.63 bits per heavy atom. The molecule has 1 aromatic heterocycles. The van der Waals surface area contributed by atoms with Crippen molar-refractivity contribution >= 4 is 11.6 Å². The van der Waals surface area contributed by atoms with Crippen LogP contribution in [0.15, 0.2) is 11.3 Å². The Bertz CT molecular complexity index is 666. The first-order chi connectivity index (χ1) is 9.09. The highest BCUT2D eigenvalue weighted by Gasteiger charge is 2.42. The van der Waals surface area contributed by atoms with Crippen LogP contribution in [0, 0.1) is 0 Å². The van der Waals surface area contributed by atoms with E-state index in [0.717, 1.165) is 19.5 Å². The van der Waals surface area contributed by atoms with Crippen LogP contribution in [0.4, 0.5) is 0 Å². The van der Waals surface area contributed by atoms with Gasteiger partial charge in [0.2, 0.25) is 11.6 Å². The maximum Gasteiger partial charge on any atom is 0.230 e. The van der Waals surface area contributed by atoms with Gasteiger partial charge in [0.05, 0.1) is 11.7 Å². The van der Waals surface area contributed by atoms with E-state index in [2.05, 4.69) is 4.98 Å². The number of rotatable bonds is 1. The van der Waals surface area contributed by atoms with Gasteiger partial charge in [-0.1, -0.05) is 0 Å². The minimum atomic E-state index is -0.170. The lowest BCUT2D eigenvalue weighted by atomic mass is 9.95. The fourth-order valence-electron chi connectivity index (χ4n) is 2.99. The molecule has 0 saturated carbocycles. The molecule has 19 heavy (non-hydrogen) atoms. The van der Waals surface area contributed by atoms with Crippen LogP contribution in [0.1, 0.15) is 46.2 Å². The van der Waals surface area contributed by atoms with Gasteiger partial charge in [0.1, 0.15) is 17.2 Å². The van der Waals surface area contributed by atoms with Gasteiger partial charge in [0.25, 0.3) is 0 Å². The minimum Gasteiger partial charge on any atom is -0.364 e. The Kier molecular flexibility index (Phi) is 1.91. The van der Waals surface area contributed by atoms with Crippen LogP contribution in [-0.2, 0) is 6.54 Å². The standard InChI is InChI=1S/C13H14N4O2/c1-6-9(16-4-5-16)12(19)8-10(11(6)18)17-3-2-7(14)13(17)15-8/h7H,2-5,14H2,1H3/t7-/m1/s1. The summed E-state index contributed by atoms with van der Waals surface area (Å²) < 4.78 is 1.82. The van der Waals surface area contributed by atoms with Gasteiger partial charge in [-0.05, 0) is 13.3 Å². The first-order valence-electron chi connectivity index (χ1n) is 6.51. The molecule has 1 fully saturated rings. The quantitative estimate of drug-likeness (QED) is 0.730. The molecule has 1 aromatic rings. The fourth-order valence-corrected chi connectivity index (χ4v) is 2.99. The van der Waals surface area contributed by atoms with E-state index in [1.54, 1.807) is 6.92 Å². The predicted octanol–water partition coefficient (Wildman–Crippen LogP) is 0.255. The number of ketones is 2. The molecule has 2 aliphatic heterocycles. The number of carbonyl (C=O) groups is 2. The van der Waals surface area contributed by atoms with Crippen molar-refractivity contribution in [1.29, 1.82) is 0 Å². The van der Waals surface area contributed by atoms with Crippen molar-refractivity contribution < 1.29 is 9.59 Å². The smallest absolute Gasteiger partial charge is 0.230 e. The van der Waals surface area contributed by atoms with Crippen LogP contribution >= 0.6 is 0 Å². The fraction of sp³-hybridized carbons (Fsp3) is 0.462. The van der Waals surface area contributed by atoms with Gasteiger partial charge >= 0.3 is 0 Å². The van der Waals surface area contributed by atoms with Crippen molar-refractivity contribution in [2.45, 2.75) is 25.9 Å². The summed E-state index contributed by atoms with van der Waals surface area (Å²) in [5.41, 5.74) is 7.77. The number of allylic oxidation sites excluding steroid dienone is 2. The molecule has 0 radical (unpaired) electrons. The molecular formula is C13H14N4O2. The molecule has 98 valence electrons. The lowest BCUT2D eigenvalue weighted by Crippen LogP contribution is -2.26. The van der Waals surface area contributed by atoms with E-state index < -0.39 is 0 Å². The molecule has 4 rings (SSSR count). The van der Waals surface area contributed by atoms with Gasteiger partial charge in [0.15, 0.2) is 0 Å². The highest BCUT2D eigenvalue weighted by atomic mass is 16.1. The van der Waals surface area contributed by atoms with Crippen LogP contribution in [0.2, 0.25) is 0 Å². The zero-order valence-corrected chi connectivity index (χ0v) is 10.6. The number of hydrogen-bond acceptors (Lipinski definition) is 5. The number of nitrogens with two attached hydrogens (primary N) is 1. The molecule has 6 heteroatoms. The molecule has 1 aliphatic carbocycles. The van der Waals surface area contributed by atoms with Crippen molar-refractivity contribution in [2.75, 3.05) is 13.1 Å². The van der Waals surface area contributed by atoms with E-state index in [4.69, 9.17) is 5.73 Å². The topological polar surface area (TPSA) is 81.0 Å². The predicted molar refractivity (Wildman–Crippen MR) is 66.7 cm³/mol. The summed E-state index contributed by atoms with van der Waals surface area (Å²) >= 11 is 0. The number of imidazole rings is 1. The van der Waals surface area contributed by atoms with E-state index in [1.165, 1.54) is 0 Å². The van der Waals surface area contributed by atoms with Gasteiger partial charge < -0.3 is 15.2 Å². The number of carbonyl (C=O) groups excluding carboxylic acids is 2. The lowest BCUT2D eigenvalue weighted by molar-refractivity contribution is 0.0952. The van der Waals surface area contributed by atoms with Crippen LogP contribution in [-0.4, -0.2) is 39.1 Å². The summed E-state index contributed by atoms with van der Waals surface area (Å²) in [7, 11) is 0. The van der Waals surface area contributed by atoms with Crippen LogP contribution < -0.4 is 5.73 Å². The molecule has 0 spiro atoms. The van der Waals surface area contributed by atoms with Crippen molar-refractivity contribution in [3.05, 3.63) is 28.5 Å². The Morgan fingerprint density at radius 1 is 1.21 bits per heavy atom. The Hall–Kier alpha value is -1.95. The summed E-state index contributed by atoms with van der Waals surface area (Å²) in [5.74, 6) is 0.467. The Morgan fingerprint density at radius 2 is 1.95 bits per heavy atom. The molecule has 1 saturated heterocycles. The molecule has 0 aromatic carbocycles. The van der Waals surface area contributed by atoms with E-state index >= 15 is 0 Å². The summed E-state index contributed by atoms with van der Waals surface area (Å²) in [6.07, 6.45) is 0.777. The number of fused-ring (bicyclic) bond motifs is 3. The number of Topliss-reactive ketones (excluding diaryl/α,β-unsaturated/α-hetero) is 2. The molecule has 0 unspecified atom stereocenters. The van der Waals surface area contributed by atoms with Gasteiger partial charge in [0, 0.05) is 25.2 Å². The van der Waals surface area contributed by atoms with Crippen molar-refractivity contribution in [2.24, 2.45) is 5.73 Å². The summed E-state index contributed by atoms with van der Waals surface area (Å²) in [4.78, 5) is 31.3. The monoisotopic (exact) mass is 258 g/mol. The van der Waals surface area contributed by atoms with E-state index in [1.807, 2.05) is 9.47 Å². The van der Waals surface area contributed by atoms with Gasteiger partial charge in [-0.3, -0.25) is 9.59 Å². The third-order valence-electron chi connectivity index (χ3n) is 4.10. The maximum absolute atomic E-state index is 12.5. The maximum atomic E-state index is 12.5. The highest BCUT2D eigenvalue weighted by Crippen LogP contribution is 2.35. The molecule has 3 heterocycles. The first kappa shape index (κ1) is 10.9. The van der Waals surface area contributed by atoms with E-state index in [-0.39, 0.29) is 17.6 Å². The van der Waals surface area contributed by atoms with Crippen LogP contribution in [0.3, 0.4) is 0 Å². The highest BCUT2D eigenvalue weighted by molar-refractivity contribution is 6.25. The largest absolute Gasteiger partial charge is 0.364 e. The molecular weight excluding hydrogens is 244 g/mol.